The van der Waals surface area contributed by atoms with E-state index in [1.54, 1.807) is 30.1 Å². The van der Waals surface area contributed by atoms with E-state index in [4.69, 9.17) is 11.6 Å². The molecule has 4 rings (SSSR count). The lowest BCUT2D eigenvalue weighted by molar-refractivity contribution is -0.120. The summed E-state index contributed by atoms with van der Waals surface area (Å²) in [7, 11) is 0. The van der Waals surface area contributed by atoms with E-state index < -0.39 is 5.25 Å². The molecule has 0 aliphatic carbocycles. The van der Waals surface area contributed by atoms with Gasteiger partial charge in [0.2, 0.25) is 11.8 Å². The molecule has 1 unspecified atom stereocenters. The van der Waals surface area contributed by atoms with Gasteiger partial charge in [-0.1, -0.05) is 17.7 Å². The summed E-state index contributed by atoms with van der Waals surface area (Å²) in [5.74, 6) is 0.447. The van der Waals surface area contributed by atoms with Crippen molar-refractivity contribution in [2.24, 2.45) is 0 Å². The van der Waals surface area contributed by atoms with Crippen molar-refractivity contribution in [2.45, 2.75) is 27.2 Å². The van der Waals surface area contributed by atoms with Crippen LogP contribution in [0, 0.1) is 0 Å². The molecule has 30 heavy (non-hydrogen) atoms. The molecule has 0 bridgehead atoms. The van der Waals surface area contributed by atoms with E-state index in [0.717, 1.165) is 21.1 Å². The van der Waals surface area contributed by atoms with Crippen LogP contribution >= 0.6 is 35.1 Å². The van der Waals surface area contributed by atoms with Crippen molar-refractivity contribution in [3.05, 3.63) is 77.6 Å². The Bertz CT molecular complexity index is 1060. The summed E-state index contributed by atoms with van der Waals surface area (Å²) in [4.78, 5) is 30.9. The average molecular weight is 456 g/mol. The smallest absolute Gasteiger partial charge is 0.238 e. The summed E-state index contributed by atoms with van der Waals surface area (Å²) >= 11 is 9.05. The summed E-state index contributed by atoms with van der Waals surface area (Å²) < 4.78 is 0. The van der Waals surface area contributed by atoms with Gasteiger partial charge in [-0.05, 0) is 54.1 Å². The molecule has 0 saturated heterocycles. The first-order chi connectivity index (χ1) is 14.6. The molecule has 2 amide bonds. The first kappa shape index (κ1) is 20.8. The highest BCUT2D eigenvalue weighted by atomic mass is 35.5. The molecule has 0 radical (unpaired) electrons. The van der Waals surface area contributed by atoms with Crippen LogP contribution < -0.4 is 10.6 Å². The SMILES string of the molecule is O=C(CC1Sc2ccc(Cl)cc2NC1=O)Nc1ccc(SCc2cccnc2)cc1. The molecule has 0 saturated carbocycles. The van der Waals surface area contributed by atoms with Gasteiger partial charge >= 0.3 is 0 Å². The molecule has 0 fully saturated rings. The Morgan fingerprint density at radius 2 is 2.03 bits per heavy atom. The molecule has 152 valence electrons. The fourth-order valence-corrected chi connectivity index (χ4v) is 5.02. The van der Waals surface area contributed by atoms with E-state index in [2.05, 4.69) is 15.6 Å². The zero-order valence-corrected chi connectivity index (χ0v) is 18.2. The highest BCUT2D eigenvalue weighted by Gasteiger charge is 2.29. The summed E-state index contributed by atoms with van der Waals surface area (Å²) in [6.45, 7) is 0. The van der Waals surface area contributed by atoms with Crippen molar-refractivity contribution in [1.29, 1.82) is 0 Å². The zero-order valence-electron chi connectivity index (χ0n) is 15.8. The molecular formula is C22H18ClN3O2S2. The normalized spacial score (nSPS) is 15.2. The van der Waals surface area contributed by atoms with Crippen molar-refractivity contribution in [3.8, 4) is 0 Å². The third-order valence-corrected chi connectivity index (χ3v) is 6.99. The van der Waals surface area contributed by atoms with Crippen LogP contribution in [0.3, 0.4) is 0 Å². The predicted octanol–water partition coefficient (Wildman–Crippen LogP) is 5.47. The number of aromatic nitrogens is 1. The zero-order chi connectivity index (χ0) is 20.9. The second-order valence-electron chi connectivity index (χ2n) is 6.66. The Balaban J connectivity index is 1.30. The predicted molar refractivity (Wildman–Crippen MR) is 123 cm³/mol. The van der Waals surface area contributed by atoms with Crippen LogP contribution in [0.15, 0.2) is 76.8 Å². The number of benzene rings is 2. The fourth-order valence-electron chi connectivity index (χ4n) is 2.92. The van der Waals surface area contributed by atoms with E-state index in [1.165, 1.54) is 11.8 Å². The number of thioether (sulfide) groups is 2. The molecule has 8 heteroatoms. The van der Waals surface area contributed by atoms with Crippen LogP contribution in [-0.2, 0) is 15.3 Å². The van der Waals surface area contributed by atoms with Gasteiger partial charge in [0.15, 0.2) is 0 Å². The Kier molecular flexibility index (Phi) is 6.62. The van der Waals surface area contributed by atoms with Crippen molar-refractivity contribution in [3.63, 3.8) is 0 Å². The van der Waals surface area contributed by atoms with Gasteiger partial charge in [0.05, 0.1) is 10.9 Å². The van der Waals surface area contributed by atoms with Crippen LogP contribution in [0.2, 0.25) is 5.02 Å². The van der Waals surface area contributed by atoms with E-state index in [-0.39, 0.29) is 18.2 Å². The highest BCUT2D eigenvalue weighted by molar-refractivity contribution is 8.01. The number of fused-ring (bicyclic) bond motifs is 1. The number of pyridine rings is 1. The molecule has 1 aromatic heterocycles. The van der Waals surface area contributed by atoms with Crippen molar-refractivity contribution < 1.29 is 9.59 Å². The molecule has 1 aliphatic heterocycles. The minimum atomic E-state index is -0.479. The Morgan fingerprint density at radius 1 is 1.20 bits per heavy atom. The Morgan fingerprint density at radius 3 is 2.80 bits per heavy atom. The topological polar surface area (TPSA) is 71.1 Å². The van der Waals surface area contributed by atoms with Crippen LogP contribution in [0.4, 0.5) is 11.4 Å². The van der Waals surface area contributed by atoms with E-state index >= 15 is 0 Å². The second kappa shape index (κ2) is 9.55. The molecule has 0 spiro atoms. The molecule has 2 aromatic carbocycles. The quantitative estimate of drug-likeness (QED) is 0.482. The van der Waals surface area contributed by atoms with Crippen molar-refractivity contribution in [2.75, 3.05) is 10.6 Å². The summed E-state index contributed by atoms with van der Waals surface area (Å²) in [6, 6.07) is 17.0. The minimum absolute atomic E-state index is 0.0933. The highest BCUT2D eigenvalue weighted by Crippen LogP contribution is 2.38. The largest absolute Gasteiger partial charge is 0.326 e. The van der Waals surface area contributed by atoms with E-state index in [1.807, 2.05) is 48.7 Å². The molecule has 1 aliphatic rings. The van der Waals surface area contributed by atoms with Crippen LogP contribution in [0.25, 0.3) is 0 Å². The lowest BCUT2D eigenvalue weighted by Crippen LogP contribution is -2.32. The third kappa shape index (κ3) is 5.36. The molecule has 2 heterocycles. The van der Waals surface area contributed by atoms with Gasteiger partial charge in [0.25, 0.3) is 0 Å². The summed E-state index contributed by atoms with van der Waals surface area (Å²) in [5, 5.41) is 5.78. The Hall–Kier alpha value is -2.48. The van der Waals surface area contributed by atoms with Crippen molar-refractivity contribution >= 4 is 58.3 Å². The van der Waals surface area contributed by atoms with Crippen LogP contribution in [0.5, 0.6) is 0 Å². The first-order valence-electron chi connectivity index (χ1n) is 9.25. The maximum atomic E-state index is 12.5. The maximum absolute atomic E-state index is 12.5. The maximum Gasteiger partial charge on any atom is 0.238 e. The molecule has 1 atom stereocenters. The molecule has 3 aromatic rings. The second-order valence-corrected chi connectivity index (χ2v) is 9.39. The fraction of sp³-hybridized carbons (Fsp3) is 0.136. The lowest BCUT2D eigenvalue weighted by Gasteiger charge is -2.23. The number of halogens is 1. The van der Waals surface area contributed by atoms with Crippen molar-refractivity contribution in [1.82, 2.24) is 4.98 Å². The van der Waals surface area contributed by atoms with E-state index in [9.17, 15) is 9.59 Å². The number of anilines is 2. The van der Waals surface area contributed by atoms with Crippen LogP contribution in [-0.4, -0.2) is 22.0 Å². The van der Waals surface area contributed by atoms with Gasteiger partial charge in [0, 0.05) is 45.1 Å². The van der Waals surface area contributed by atoms with Gasteiger partial charge in [-0.3, -0.25) is 14.6 Å². The van der Waals surface area contributed by atoms with Gasteiger partial charge in [-0.25, -0.2) is 0 Å². The number of hydrogen-bond donors (Lipinski definition) is 2. The summed E-state index contributed by atoms with van der Waals surface area (Å²) in [6.07, 6.45) is 3.71. The minimum Gasteiger partial charge on any atom is -0.326 e. The molecule has 2 N–H and O–H groups in total. The van der Waals surface area contributed by atoms with Gasteiger partial charge in [-0.15, -0.1) is 23.5 Å². The number of nitrogens with zero attached hydrogens (tertiary/aromatic N) is 1. The molecular weight excluding hydrogens is 438 g/mol. The summed E-state index contributed by atoms with van der Waals surface area (Å²) in [5.41, 5.74) is 2.56. The molecule has 5 nitrogen and oxygen atoms in total. The van der Waals surface area contributed by atoms with Gasteiger partial charge in [0.1, 0.15) is 0 Å². The Labute approximate surface area is 188 Å². The number of amides is 2. The monoisotopic (exact) mass is 455 g/mol. The van der Waals surface area contributed by atoms with Crippen LogP contribution in [0.1, 0.15) is 12.0 Å². The standard InChI is InChI=1S/C22H18ClN3O2S2/c23-15-3-8-19-18(10-15)26-22(28)20(30-19)11-21(27)25-16-4-6-17(7-5-16)29-13-14-2-1-9-24-12-14/h1-10,12,20H,11,13H2,(H,25,27)(H,26,28). The van der Waals surface area contributed by atoms with Gasteiger partial charge < -0.3 is 10.6 Å². The number of hydrogen-bond acceptors (Lipinski definition) is 5. The average Bonchev–Trinajstić information content (AvgIpc) is 2.75. The lowest BCUT2D eigenvalue weighted by atomic mass is 10.2. The number of carbonyl (C=O) groups excluding carboxylic acids is 2. The van der Waals surface area contributed by atoms with Gasteiger partial charge in [-0.2, -0.15) is 0 Å². The van der Waals surface area contributed by atoms with E-state index in [0.29, 0.717) is 16.4 Å². The third-order valence-electron chi connectivity index (χ3n) is 4.40. The number of nitrogens with one attached hydrogen (secondary N) is 2. The first-order valence-corrected chi connectivity index (χ1v) is 11.5. The number of carbonyl (C=O) groups is 2. The number of rotatable bonds is 6.